The van der Waals surface area contributed by atoms with Gasteiger partial charge in [0, 0.05) is 6.54 Å². The van der Waals surface area contributed by atoms with E-state index in [1.165, 1.54) is 0 Å². The number of sulfone groups is 1. The van der Waals surface area contributed by atoms with Crippen LogP contribution in [-0.4, -0.2) is 51.3 Å². The third-order valence-corrected chi connectivity index (χ3v) is 7.24. The molecule has 2 N–H and O–H groups in total. The van der Waals surface area contributed by atoms with E-state index in [2.05, 4.69) is 4.72 Å². The summed E-state index contributed by atoms with van der Waals surface area (Å²) in [6.07, 6.45) is 1.11. The molecule has 0 aromatic heterocycles. The second-order valence-corrected chi connectivity index (χ2v) is 9.18. The maximum atomic E-state index is 11.8. The van der Waals surface area contributed by atoms with Gasteiger partial charge in [-0.15, -0.1) is 0 Å². The van der Waals surface area contributed by atoms with Crippen LogP contribution < -0.4 is 4.72 Å². The van der Waals surface area contributed by atoms with Crippen molar-refractivity contribution >= 4 is 19.9 Å². The Morgan fingerprint density at radius 2 is 1.94 bits per heavy atom. The summed E-state index contributed by atoms with van der Waals surface area (Å²) in [4.78, 5) is 0. The van der Waals surface area contributed by atoms with Gasteiger partial charge in [-0.1, -0.05) is 0 Å². The molecule has 1 atom stereocenters. The monoisotopic (exact) mass is 283 g/mol. The van der Waals surface area contributed by atoms with Crippen LogP contribution in [0.25, 0.3) is 0 Å². The van der Waals surface area contributed by atoms with Crippen molar-refractivity contribution < 1.29 is 21.9 Å². The SMILES string of the molecule is O=S1(=O)CCC(S(=O)(=O)NCC2CC(O)C2)C1. The zero-order valence-electron chi connectivity index (χ0n) is 9.37. The summed E-state index contributed by atoms with van der Waals surface area (Å²) < 4.78 is 48.5. The summed E-state index contributed by atoms with van der Waals surface area (Å²) in [5.41, 5.74) is 0. The van der Waals surface area contributed by atoms with Gasteiger partial charge in [0.2, 0.25) is 10.0 Å². The van der Waals surface area contributed by atoms with E-state index in [9.17, 15) is 16.8 Å². The van der Waals surface area contributed by atoms with Crippen molar-refractivity contribution in [1.82, 2.24) is 4.72 Å². The van der Waals surface area contributed by atoms with E-state index in [4.69, 9.17) is 5.11 Å². The van der Waals surface area contributed by atoms with Crippen LogP contribution in [0.15, 0.2) is 0 Å². The van der Waals surface area contributed by atoms with Crippen LogP contribution in [0.5, 0.6) is 0 Å². The quantitative estimate of drug-likeness (QED) is 0.679. The Bertz CT molecular complexity index is 478. The molecule has 0 spiro atoms. The molecule has 0 aromatic carbocycles. The van der Waals surface area contributed by atoms with Crippen LogP contribution in [0.1, 0.15) is 19.3 Å². The Morgan fingerprint density at radius 1 is 1.29 bits per heavy atom. The molecule has 0 aromatic rings. The number of hydrogen-bond acceptors (Lipinski definition) is 5. The summed E-state index contributed by atoms with van der Waals surface area (Å²) in [5.74, 6) is -0.131. The van der Waals surface area contributed by atoms with Crippen molar-refractivity contribution in [3.8, 4) is 0 Å². The van der Waals surface area contributed by atoms with Crippen molar-refractivity contribution in [2.75, 3.05) is 18.1 Å². The standard InChI is InChI=1S/C9H17NO5S2/c11-8-3-7(4-8)5-10-17(14,15)9-1-2-16(12,13)6-9/h7-11H,1-6H2. The topological polar surface area (TPSA) is 101 Å². The summed E-state index contributed by atoms with van der Waals surface area (Å²) in [6.45, 7) is 0.302. The molecule has 1 unspecified atom stereocenters. The van der Waals surface area contributed by atoms with Gasteiger partial charge >= 0.3 is 0 Å². The third kappa shape index (κ3) is 3.18. The van der Waals surface area contributed by atoms with Gasteiger partial charge in [-0.3, -0.25) is 0 Å². The number of aliphatic hydroxyl groups excluding tert-OH is 1. The Hall–Kier alpha value is -0.180. The van der Waals surface area contributed by atoms with Crippen LogP contribution >= 0.6 is 0 Å². The van der Waals surface area contributed by atoms with E-state index >= 15 is 0 Å². The van der Waals surface area contributed by atoms with Gasteiger partial charge in [0.15, 0.2) is 9.84 Å². The van der Waals surface area contributed by atoms with Gasteiger partial charge in [0.1, 0.15) is 0 Å². The van der Waals surface area contributed by atoms with E-state index in [0.29, 0.717) is 19.4 Å². The highest BCUT2D eigenvalue weighted by atomic mass is 32.2. The Morgan fingerprint density at radius 3 is 2.41 bits per heavy atom. The molecular formula is C9H17NO5S2. The third-order valence-electron chi connectivity index (χ3n) is 3.41. The Labute approximate surface area is 101 Å². The normalized spacial score (nSPS) is 36.6. The van der Waals surface area contributed by atoms with Gasteiger partial charge in [0.05, 0.1) is 22.9 Å². The summed E-state index contributed by atoms with van der Waals surface area (Å²) in [7, 11) is -6.71. The van der Waals surface area contributed by atoms with Crippen molar-refractivity contribution in [3.05, 3.63) is 0 Å². The molecule has 17 heavy (non-hydrogen) atoms. The van der Waals surface area contributed by atoms with E-state index < -0.39 is 25.1 Å². The van der Waals surface area contributed by atoms with E-state index in [1.54, 1.807) is 0 Å². The second kappa shape index (κ2) is 4.49. The largest absolute Gasteiger partial charge is 0.393 e. The number of nitrogens with one attached hydrogen (secondary N) is 1. The van der Waals surface area contributed by atoms with Crippen molar-refractivity contribution in [2.45, 2.75) is 30.6 Å². The fraction of sp³-hybridized carbons (Fsp3) is 1.00. The first-order chi connectivity index (χ1) is 7.78. The highest BCUT2D eigenvalue weighted by Gasteiger charge is 2.38. The molecule has 1 saturated carbocycles. The minimum absolute atomic E-state index is 0.0410. The summed E-state index contributed by atoms with van der Waals surface area (Å²) in [6, 6.07) is 0. The molecule has 1 aliphatic heterocycles. The van der Waals surface area contributed by atoms with Gasteiger partial charge in [-0.05, 0) is 25.2 Å². The second-order valence-electron chi connectivity index (χ2n) is 4.91. The molecule has 8 heteroatoms. The minimum Gasteiger partial charge on any atom is -0.393 e. The van der Waals surface area contributed by atoms with Gasteiger partial charge in [-0.2, -0.15) is 0 Å². The zero-order chi connectivity index (χ0) is 12.7. The van der Waals surface area contributed by atoms with Crippen LogP contribution in [0.4, 0.5) is 0 Å². The Balaban J connectivity index is 1.87. The Kier molecular flexibility index (Phi) is 3.50. The molecule has 2 rings (SSSR count). The predicted molar refractivity (Wildman–Crippen MR) is 62.7 cm³/mol. The van der Waals surface area contributed by atoms with Crippen molar-refractivity contribution in [2.24, 2.45) is 5.92 Å². The summed E-state index contributed by atoms with van der Waals surface area (Å²) in [5, 5.41) is 8.26. The maximum absolute atomic E-state index is 11.8. The van der Waals surface area contributed by atoms with Crippen LogP contribution in [-0.2, 0) is 19.9 Å². The van der Waals surface area contributed by atoms with Crippen LogP contribution in [0.3, 0.4) is 0 Å². The number of sulfonamides is 1. The van der Waals surface area contributed by atoms with E-state index in [-0.39, 0.29) is 29.9 Å². The molecule has 1 heterocycles. The highest BCUT2D eigenvalue weighted by Crippen LogP contribution is 2.27. The predicted octanol–water partition coefficient (Wildman–Crippen LogP) is -1.14. The van der Waals surface area contributed by atoms with Gasteiger partial charge in [-0.25, -0.2) is 21.6 Å². The summed E-state index contributed by atoms with van der Waals surface area (Å²) >= 11 is 0. The van der Waals surface area contributed by atoms with Gasteiger partial charge < -0.3 is 5.11 Å². The van der Waals surface area contributed by atoms with E-state index in [0.717, 1.165) is 0 Å². The molecule has 100 valence electrons. The molecule has 0 bridgehead atoms. The van der Waals surface area contributed by atoms with Crippen LogP contribution in [0.2, 0.25) is 0 Å². The first-order valence-electron chi connectivity index (χ1n) is 5.65. The molecule has 2 aliphatic rings. The molecule has 0 amide bonds. The first-order valence-corrected chi connectivity index (χ1v) is 9.02. The van der Waals surface area contributed by atoms with Crippen molar-refractivity contribution in [1.29, 1.82) is 0 Å². The molecule has 0 radical (unpaired) electrons. The highest BCUT2D eigenvalue weighted by molar-refractivity contribution is 7.95. The number of rotatable bonds is 4. The fourth-order valence-electron chi connectivity index (χ4n) is 2.22. The molecule has 6 nitrogen and oxygen atoms in total. The maximum Gasteiger partial charge on any atom is 0.215 e. The lowest BCUT2D eigenvalue weighted by molar-refractivity contribution is 0.0453. The van der Waals surface area contributed by atoms with Crippen LogP contribution in [0, 0.1) is 5.92 Å². The first kappa shape index (κ1) is 13.3. The molecule has 2 fully saturated rings. The van der Waals surface area contributed by atoms with E-state index in [1.807, 2.05) is 0 Å². The zero-order valence-corrected chi connectivity index (χ0v) is 11.0. The fourth-order valence-corrected chi connectivity index (χ4v) is 6.39. The molecule has 1 saturated heterocycles. The minimum atomic E-state index is -3.53. The number of hydrogen-bond donors (Lipinski definition) is 2. The average molecular weight is 283 g/mol. The average Bonchev–Trinajstić information content (AvgIpc) is 2.52. The molecular weight excluding hydrogens is 266 g/mol. The van der Waals surface area contributed by atoms with Gasteiger partial charge in [0.25, 0.3) is 0 Å². The van der Waals surface area contributed by atoms with Crippen molar-refractivity contribution in [3.63, 3.8) is 0 Å². The lowest BCUT2D eigenvalue weighted by atomic mass is 9.83. The number of aliphatic hydroxyl groups is 1. The smallest absolute Gasteiger partial charge is 0.215 e. The molecule has 1 aliphatic carbocycles. The lowest BCUT2D eigenvalue weighted by Gasteiger charge is -2.31. The lowest BCUT2D eigenvalue weighted by Crippen LogP contribution is -2.42.